The Morgan fingerprint density at radius 3 is 2.67 bits per heavy atom. The molecule has 0 aromatic heterocycles. The van der Waals surface area contributed by atoms with Gasteiger partial charge in [0.15, 0.2) is 0 Å². The molecule has 1 aliphatic carbocycles. The molecular weight excluding hydrogens is 226 g/mol. The molecule has 3 nitrogen and oxygen atoms in total. The van der Waals surface area contributed by atoms with Gasteiger partial charge in [0, 0.05) is 0 Å². The van der Waals surface area contributed by atoms with Gasteiger partial charge in [-0.15, -0.1) is 0 Å². The van der Waals surface area contributed by atoms with Crippen molar-refractivity contribution in [2.24, 2.45) is 0 Å². The number of nitrogens with one attached hydrogen (secondary N) is 1. The van der Waals surface area contributed by atoms with Crippen LogP contribution in [0, 0.1) is 0 Å². The smallest absolute Gasteiger partial charge is 0.408 e. The van der Waals surface area contributed by atoms with Gasteiger partial charge in [0.2, 0.25) is 0 Å². The minimum atomic E-state index is -0.460. The lowest BCUT2D eigenvalue weighted by atomic mass is 9.94. The van der Waals surface area contributed by atoms with Crippen LogP contribution >= 0.6 is 0 Å². The Balaban J connectivity index is 2.13. The van der Waals surface area contributed by atoms with Crippen molar-refractivity contribution in [3.05, 3.63) is 35.4 Å². The van der Waals surface area contributed by atoms with Crippen molar-refractivity contribution < 1.29 is 9.53 Å². The molecule has 1 unspecified atom stereocenters. The van der Waals surface area contributed by atoms with E-state index in [1.54, 1.807) is 0 Å². The summed E-state index contributed by atoms with van der Waals surface area (Å²) >= 11 is 0. The monoisotopic (exact) mass is 247 g/mol. The van der Waals surface area contributed by atoms with Crippen LogP contribution in [0.3, 0.4) is 0 Å². The lowest BCUT2D eigenvalue weighted by molar-refractivity contribution is 0.0461. The number of carbonyl (C=O) groups excluding carboxylic acids is 1. The summed E-state index contributed by atoms with van der Waals surface area (Å²) in [6.07, 6.45) is 1.58. The van der Waals surface area contributed by atoms with Crippen molar-refractivity contribution in [2.45, 2.75) is 51.7 Å². The van der Waals surface area contributed by atoms with Crippen molar-refractivity contribution in [1.82, 2.24) is 5.32 Å². The molecule has 0 fully saturated rings. The quantitative estimate of drug-likeness (QED) is 0.826. The van der Waals surface area contributed by atoms with E-state index in [0.29, 0.717) is 0 Å². The van der Waals surface area contributed by atoms with Crippen LogP contribution in [0.4, 0.5) is 4.79 Å². The molecule has 1 atom stereocenters. The number of aryl methyl sites for hydroxylation is 1. The number of alkyl carbamates (subject to hydrolysis) is 1. The molecule has 3 heteroatoms. The number of ether oxygens (including phenoxy) is 1. The van der Waals surface area contributed by atoms with Gasteiger partial charge < -0.3 is 10.1 Å². The molecule has 18 heavy (non-hydrogen) atoms. The van der Waals surface area contributed by atoms with Gasteiger partial charge in [0.1, 0.15) is 5.60 Å². The topological polar surface area (TPSA) is 38.3 Å². The van der Waals surface area contributed by atoms with Gasteiger partial charge in [0.05, 0.1) is 5.54 Å². The van der Waals surface area contributed by atoms with Crippen molar-refractivity contribution in [1.29, 1.82) is 0 Å². The third-order valence-corrected chi connectivity index (χ3v) is 3.28. The third-order valence-electron chi connectivity index (χ3n) is 3.28. The van der Waals surface area contributed by atoms with Crippen LogP contribution in [0.15, 0.2) is 24.3 Å². The predicted octanol–water partition coefficient (Wildman–Crippen LogP) is 3.37. The highest BCUT2D eigenvalue weighted by Crippen LogP contribution is 2.36. The van der Waals surface area contributed by atoms with Gasteiger partial charge in [-0.3, -0.25) is 0 Å². The molecule has 0 saturated heterocycles. The van der Waals surface area contributed by atoms with Gasteiger partial charge in [0.25, 0.3) is 0 Å². The number of fused-ring (bicyclic) bond motifs is 1. The highest BCUT2D eigenvalue weighted by molar-refractivity contribution is 5.69. The van der Waals surface area contributed by atoms with E-state index in [0.717, 1.165) is 12.8 Å². The second-order valence-electron chi connectivity index (χ2n) is 6.12. The van der Waals surface area contributed by atoms with E-state index >= 15 is 0 Å². The predicted molar refractivity (Wildman–Crippen MR) is 71.5 cm³/mol. The second kappa shape index (κ2) is 4.30. The fraction of sp³-hybridized carbons (Fsp3) is 0.533. The van der Waals surface area contributed by atoms with Crippen LogP contribution in [0.2, 0.25) is 0 Å². The normalized spacial score (nSPS) is 22.4. The molecule has 98 valence electrons. The van der Waals surface area contributed by atoms with Crippen molar-refractivity contribution in [3.8, 4) is 0 Å². The van der Waals surface area contributed by atoms with E-state index in [4.69, 9.17) is 4.74 Å². The molecule has 0 saturated carbocycles. The van der Waals surface area contributed by atoms with Crippen LogP contribution in [0.25, 0.3) is 0 Å². The Morgan fingerprint density at radius 1 is 1.33 bits per heavy atom. The molecule has 0 spiro atoms. The molecule has 1 N–H and O–H groups in total. The maximum Gasteiger partial charge on any atom is 0.408 e. The first kappa shape index (κ1) is 12.9. The molecule has 0 heterocycles. The molecular formula is C15H21NO2. The molecule has 1 aliphatic rings. The van der Waals surface area contributed by atoms with E-state index in [1.807, 2.05) is 32.9 Å². The summed E-state index contributed by atoms with van der Waals surface area (Å²) in [7, 11) is 0. The number of rotatable bonds is 1. The average Bonchev–Trinajstić information content (AvgIpc) is 2.54. The van der Waals surface area contributed by atoms with Crippen LogP contribution in [0.1, 0.15) is 45.2 Å². The number of carbonyl (C=O) groups is 1. The Bertz CT molecular complexity index is 462. The van der Waals surface area contributed by atoms with E-state index in [2.05, 4.69) is 24.4 Å². The average molecular weight is 247 g/mol. The first-order valence-corrected chi connectivity index (χ1v) is 6.40. The van der Waals surface area contributed by atoms with Crippen LogP contribution < -0.4 is 5.32 Å². The van der Waals surface area contributed by atoms with Gasteiger partial charge in [-0.25, -0.2) is 4.79 Å². The summed E-state index contributed by atoms with van der Waals surface area (Å²) in [5.74, 6) is 0. The molecule has 1 amide bonds. The van der Waals surface area contributed by atoms with Crippen molar-refractivity contribution in [2.75, 3.05) is 0 Å². The second-order valence-corrected chi connectivity index (χ2v) is 6.12. The summed E-state index contributed by atoms with van der Waals surface area (Å²) < 4.78 is 5.33. The Morgan fingerprint density at radius 2 is 2.00 bits per heavy atom. The first-order valence-electron chi connectivity index (χ1n) is 6.40. The van der Waals surface area contributed by atoms with Gasteiger partial charge in [-0.05, 0) is 51.7 Å². The highest BCUT2D eigenvalue weighted by Gasteiger charge is 2.36. The Kier molecular flexibility index (Phi) is 3.09. The summed E-state index contributed by atoms with van der Waals surface area (Å²) in [6, 6.07) is 8.26. The number of hydrogen-bond acceptors (Lipinski definition) is 2. The van der Waals surface area contributed by atoms with E-state index in [1.165, 1.54) is 11.1 Å². The van der Waals surface area contributed by atoms with Crippen LogP contribution in [-0.4, -0.2) is 11.7 Å². The molecule has 2 rings (SSSR count). The molecule has 0 aliphatic heterocycles. The maximum absolute atomic E-state index is 11.9. The van der Waals surface area contributed by atoms with Gasteiger partial charge >= 0.3 is 6.09 Å². The minimum Gasteiger partial charge on any atom is -0.444 e. The first-order chi connectivity index (χ1) is 8.30. The van der Waals surface area contributed by atoms with Gasteiger partial charge in [-0.1, -0.05) is 24.3 Å². The van der Waals surface area contributed by atoms with Crippen molar-refractivity contribution >= 4 is 6.09 Å². The van der Waals surface area contributed by atoms with Crippen LogP contribution in [0.5, 0.6) is 0 Å². The summed E-state index contributed by atoms with van der Waals surface area (Å²) in [6.45, 7) is 7.68. The SMILES string of the molecule is CC(C)(C)OC(=O)NC1(C)CCc2ccccc21. The van der Waals surface area contributed by atoms with Crippen LogP contribution in [-0.2, 0) is 16.7 Å². The third kappa shape index (κ3) is 2.66. The fourth-order valence-corrected chi connectivity index (χ4v) is 2.45. The minimum absolute atomic E-state index is 0.307. The lowest BCUT2D eigenvalue weighted by Crippen LogP contribution is -2.44. The molecule has 0 radical (unpaired) electrons. The van der Waals surface area contributed by atoms with Crippen molar-refractivity contribution in [3.63, 3.8) is 0 Å². The maximum atomic E-state index is 11.9. The standard InChI is InChI=1S/C15H21NO2/c1-14(2,3)18-13(17)16-15(4)10-9-11-7-5-6-8-12(11)15/h5-8H,9-10H2,1-4H3,(H,16,17). The zero-order valence-electron chi connectivity index (χ0n) is 11.5. The zero-order chi connectivity index (χ0) is 13.4. The fourth-order valence-electron chi connectivity index (χ4n) is 2.45. The zero-order valence-corrected chi connectivity index (χ0v) is 11.5. The lowest BCUT2D eigenvalue weighted by Gasteiger charge is -2.29. The largest absolute Gasteiger partial charge is 0.444 e. The Labute approximate surface area is 109 Å². The number of benzene rings is 1. The highest BCUT2D eigenvalue weighted by atomic mass is 16.6. The van der Waals surface area contributed by atoms with Gasteiger partial charge in [-0.2, -0.15) is 0 Å². The summed E-state index contributed by atoms with van der Waals surface area (Å²) in [5.41, 5.74) is 1.75. The molecule has 1 aromatic rings. The number of hydrogen-bond donors (Lipinski definition) is 1. The van der Waals surface area contributed by atoms with E-state index in [-0.39, 0.29) is 11.6 Å². The van der Waals surface area contributed by atoms with E-state index in [9.17, 15) is 4.79 Å². The molecule has 0 bridgehead atoms. The number of amides is 1. The summed E-state index contributed by atoms with van der Waals surface area (Å²) in [4.78, 5) is 11.9. The van der Waals surface area contributed by atoms with E-state index < -0.39 is 5.60 Å². The molecule has 1 aromatic carbocycles. The Hall–Kier alpha value is -1.51. The summed E-state index contributed by atoms with van der Waals surface area (Å²) in [5, 5.41) is 3.01.